The van der Waals surface area contributed by atoms with Crippen molar-refractivity contribution in [3.8, 4) is 0 Å². The largest absolute Gasteiger partial charge is 0.356 e. The predicted octanol–water partition coefficient (Wildman–Crippen LogP) is 2.33. The Bertz CT molecular complexity index is 154. The molecule has 15 heavy (non-hydrogen) atoms. The van der Waals surface area contributed by atoms with Crippen molar-refractivity contribution in [2.75, 3.05) is 19.3 Å². The molecule has 0 bridgehead atoms. The lowest BCUT2D eigenvalue weighted by atomic mass is 10.2. The molecule has 0 saturated heterocycles. The highest BCUT2D eigenvalue weighted by atomic mass is 32.2. The highest BCUT2D eigenvalue weighted by Gasteiger charge is 1.99. The van der Waals surface area contributed by atoms with Gasteiger partial charge in [0.25, 0.3) is 0 Å². The van der Waals surface area contributed by atoms with E-state index in [1.165, 1.54) is 6.42 Å². The van der Waals surface area contributed by atoms with E-state index in [4.69, 9.17) is 0 Å². The van der Waals surface area contributed by atoms with Gasteiger partial charge >= 0.3 is 0 Å². The molecule has 0 saturated carbocycles. The zero-order valence-corrected chi connectivity index (χ0v) is 10.8. The molecule has 1 amide bonds. The van der Waals surface area contributed by atoms with Crippen LogP contribution < -0.4 is 10.0 Å². The van der Waals surface area contributed by atoms with Crippen LogP contribution in [0.15, 0.2) is 0 Å². The maximum atomic E-state index is 11.3. The molecule has 0 unspecified atom stereocenters. The third kappa shape index (κ3) is 11.7. The van der Waals surface area contributed by atoms with Crippen molar-refractivity contribution in [1.29, 1.82) is 0 Å². The van der Waals surface area contributed by atoms with Crippen molar-refractivity contribution < 1.29 is 4.79 Å². The van der Waals surface area contributed by atoms with Crippen LogP contribution in [0.2, 0.25) is 0 Å². The lowest BCUT2D eigenvalue weighted by molar-refractivity contribution is -0.121. The molecule has 90 valence electrons. The van der Waals surface area contributed by atoms with Crippen molar-refractivity contribution in [3.63, 3.8) is 0 Å². The molecular weight excluding hydrogens is 208 g/mol. The maximum Gasteiger partial charge on any atom is 0.219 e. The van der Waals surface area contributed by atoms with Gasteiger partial charge in [0.15, 0.2) is 0 Å². The number of rotatable bonds is 10. The summed E-state index contributed by atoms with van der Waals surface area (Å²) >= 11 is 1.73. The van der Waals surface area contributed by atoms with Crippen molar-refractivity contribution >= 4 is 17.9 Å². The number of carbonyl (C=O) groups is 1. The maximum absolute atomic E-state index is 11.3. The SMILES string of the molecule is CCCCNC(=O)CCCCCSNC. The number of unbranched alkanes of at least 4 members (excludes halogenated alkanes) is 3. The Morgan fingerprint density at radius 1 is 1.20 bits per heavy atom. The van der Waals surface area contributed by atoms with Gasteiger partial charge in [-0.05, 0) is 26.3 Å². The first-order valence-electron chi connectivity index (χ1n) is 5.86. The van der Waals surface area contributed by atoms with Crippen LogP contribution in [0.1, 0.15) is 45.4 Å². The molecule has 3 nitrogen and oxygen atoms in total. The number of nitrogens with one attached hydrogen (secondary N) is 2. The summed E-state index contributed by atoms with van der Waals surface area (Å²) in [5.41, 5.74) is 0. The molecular formula is C11H24N2OS. The van der Waals surface area contributed by atoms with Gasteiger partial charge in [-0.15, -0.1) is 0 Å². The summed E-state index contributed by atoms with van der Waals surface area (Å²) in [4.78, 5) is 11.3. The normalized spacial score (nSPS) is 10.3. The summed E-state index contributed by atoms with van der Waals surface area (Å²) in [7, 11) is 1.94. The van der Waals surface area contributed by atoms with E-state index in [9.17, 15) is 4.79 Å². The van der Waals surface area contributed by atoms with Gasteiger partial charge in [-0.2, -0.15) is 0 Å². The first-order valence-corrected chi connectivity index (χ1v) is 6.85. The molecule has 4 heteroatoms. The topological polar surface area (TPSA) is 41.1 Å². The number of amides is 1. The average Bonchev–Trinajstić information content (AvgIpc) is 2.23. The second-order valence-electron chi connectivity index (χ2n) is 3.57. The fraction of sp³-hybridized carbons (Fsp3) is 0.909. The van der Waals surface area contributed by atoms with Gasteiger partial charge in [0, 0.05) is 18.7 Å². The van der Waals surface area contributed by atoms with Crippen molar-refractivity contribution in [2.45, 2.75) is 45.4 Å². The molecule has 0 atom stereocenters. The van der Waals surface area contributed by atoms with E-state index in [1.807, 2.05) is 7.05 Å². The van der Waals surface area contributed by atoms with E-state index in [-0.39, 0.29) is 5.91 Å². The first-order chi connectivity index (χ1) is 7.31. The Balaban J connectivity index is 3.10. The Labute approximate surface area is 97.9 Å². The van der Waals surface area contributed by atoms with Gasteiger partial charge in [0.2, 0.25) is 5.91 Å². The minimum atomic E-state index is 0.213. The highest BCUT2D eigenvalue weighted by molar-refractivity contribution is 7.97. The van der Waals surface area contributed by atoms with Gasteiger partial charge in [-0.3, -0.25) is 9.52 Å². The van der Waals surface area contributed by atoms with E-state index < -0.39 is 0 Å². The van der Waals surface area contributed by atoms with Crippen molar-refractivity contribution in [2.24, 2.45) is 0 Å². The number of hydrogen-bond acceptors (Lipinski definition) is 3. The van der Waals surface area contributed by atoms with Gasteiger partial charge in [0.05, 0.1) is 0 Å². The van der Waals surface area contributed by atoms with Crippen LogP contribution in [0.3, 0.4) is 0 Å². The second-order valence-corrected chi connectivity index (χ2v) is 4.67. The van der Waals surface area contributed by atoms with Crippen LogP contribution in [-0.2, 0) is 4.79 Å². The zero-order valence-electron chi connectivity index (χ0n) is 9.97. The predicted molar refractivity (Wildman–Crippen MR) is 67.9 cm³/mol. The lowest BCUT2D eigenvalue weighted by Gasteiger charge is -2.03. The number of hydrogen-bond donors (Lipinski definition) is 2. The molecule has 0 aliphatic rings. The minimum Gasteiger partial charge on any atom is -0.356 e. The van der Waals surface area contributed by atoms with Crippen molar-refractivity contribution in [3.05, 3.63) is 0 Å². The van der Waals surface area contributed by atoms with Crippen molar-refractivity contribution in [1.82, 2.24) is 10.0 Å². The molecule has 0 aromatic heterocycles. The molecule has 0 rings (SSSR count). The Hall–Kier alpha value is -0.220. The van der Waals surface area contributed by atoms with Crippen LogP contribution in [-0.4, -0.2) is 25.3 Å². The van der Waals surface area contributed by atoms with E-state index in [0.717, 1.165) is 38.0 Å². The minimum absolute atomic E-state index is 0.213. The van der Waals surface area contributed by atoms with E-state index in [0.29, 0.717) is 6.42 Å². The third-order valence-corrected chi connectivity index (χ3v) is 2.93. The summed E-state index contributed by atoms with van der Waals surface area (Å²) in [5, 5.41) is 2.93. The van der Waals surface area contributed by atoms with Crippen LogP contribution in [0.4, 0.5) is 0 Å². The standard InChI is InChI=1S/C11H24N2OS/c1-3-4-9-13-11(14)8-6-5-7-10-15-12-2/h12H,3-10H2,1-2H3,(H,13,14). The van der Waals surface area contributed by atoms with Crippen LogP contribution >= 0.6 is 11.9 Å². The van der Waals surface area contributed by atoms with E-state index in [2.05, 4.69) is 17.0 Å². The molecule has 0 heterocycles. The fourth-order valence-electron chi connectivity index (χ4n) is 1.23. The molecule has 0 spiro atoms. The zero-order chi connectivity index (χ0) is 11.4. The monoisotopic (exact) mass is 232 g/mol. The molecule has 0 radical (unpaired) electrons. The van der Waals surface area contributed by atoms with E-state index in [1.54, 1.807) is 11.9 Å². The first kappa shape index (κ1) is 14.8. The van der Waals surface area contributed by atoms with Crippen LogP contribution in [0, 0.1) is 0 Å². The Morgan fingerprint density at radius 2 is 2.00 bits per heavy atom. The van der Waals surface area contributed by atoms with Crippen LogP contribution in [0.25, 0.3) is 0 Å². The molecule has 0 fully saturated rings. The smallest absolute Gasteiger partial charge is 0.219 e. The van der Waals surface area contributed by atoms with Crippen LogP contribution in [0.5, 0.6) is 0 Å². The Morgan fingerprint density at radius 3 is 2.67 bits per heavy atom. The summed E-state index contributed by atoms with van der Waals surface area (Å²) in [6.45, 7) is 2.97. The lowest BCUT2D eigenvalue weighted by Crippen LogP contribution is -2.23. The molecule has 0 aliphatic heterocycles. The average molecular weight is 232 g/mol. The van der Waals surface area contributed by atoms with Gasteiger partial charge in [-0.25, -0.2) is 0 Å². The Kier molecular flexibility index (Phi) is 11.7. The summed E-state index contributed by atoms with van der Waals surface area (Å²) in [6, 6.07) is 0. The second kappa shape index (κ2) is 11.9. The van der Waals surface area contributed by atoms with Gasteiger partial charge < -0.3 is 5.32 Å². The highest BCUT2D eigenvalue weighted by Crippen LogP contribution is 2.04. The fourth-order valence-corrected chi connectivity index (χ4v) is 1.78. The van der Waals surface area contributed by atoms with Gasteiger partial charge in [0.1, 0.15) is 0 Å². The molecule has 0 aromatic rings. The van der Waals surface area contributed by atoms with E-state index >= 15 is 0 Å². The van der Waals surface area contributed by atoms with Gasteiger partial charge in [-0.1, -0.05) is 31.7 Å². The quantitative estimate of drug-likeness (QED) is 0.449. The molecule has 0 aromatic carbocycles. The molecule has 0 aliphatic carbocycles. The third-order valence-electron chi connectivity index (χ3n) is 2.15. The number of carbonyl (C=O) groups excluding carboxylic acids is 1. The summed E-state index contributed by atoms with van der Waals surface area (Å²) < 4.78 is 3.04. The summed E-state index contributed by atoms with van der Waals surface area (Å²) in [5.74, 6) is 1.35. The molecule has 2 N–H and O–H groups in total. The summed E-state index contributed by atoms with van der Waals surface area (Å²) in [6.07, 6.45) is 6.27.